The van der Waals surface area contributed by atoms with E-state index in [4.69, 9.17) is 5.11 Å². The number of nitrogens with one attached hydrogen (secondary N) is 1. The van der Waals surface area contributed by atoms with Crippen molar-refractivity contribution in [2.75, 3.05) is 5.32 Å². The van der Waals surface area contributed by atoms with E-state index in [0.29, 0.717) is 18.0 Å². The highest BCUT2D eigenvalue weighted by Crippen LogP contribution is 2.12. The first-order valence-corrected chi connectivity index (χ1v) is 6.36. The molecule has 2 N–H and O–H groups in total. The molecule has 0 aliphatic carbocycles. The van der Waals surface area contributed by atoms with Crippen LogP contribution in [0, 0.1) is 0 Å². The number of rotatable bonds is 4. The number of carboxylic acids is 1. The molecule has 0 bridgehead atoms. The third-order valence-electron chi connectivity index (χ3n) is 3.01. The van der Waals surface area contributed by atoms with Gasteiger partial charge in [0.05, 0.1) is 5.56 Å². The minimum Gasteiger partial charge on any atom is -0.478 e. The van der Waals surface area contributed by atoms with Gasteiger partial charge in [-0.15, -0.1) is 0 Å². The molecule has 6 heteroatoms. The Labute approximate surface area is 120 Å². The first-order valence-electron chi connectivity index (χ1n) is 6.36. The van der Waals surface area contributed by atoms with Gasteiger partial charge in [-0.25, -0.2) is 14.8 Å². The van der Waals surface area contributed by atoms with E-state index in [0.717, 1.165) is 11.1 Å². The van der Waals surface area contributed by atoms with Crippen LogP contribution in [0.25, 0.3) is 11.2 Å². The van der Waals surface area contributed by atoms with Gasteiger partial charge in [0.1, 0.15) is 11.3 Å². The van der Waals surface area contributed by atoms with Crippen molar-refractivity contribution < 1.29 is 9.90 Å². The number of carbonyl (C=O) groups is 1. The molecule has 6 nitrogen and oxygen atoms in total. The normalized spacial score (nSPS) is 10.5. The zero-order chi connectivity index (χ0) is 14.7. The first-order chi connectivity index (χ1) is 10.2. The molecule has 0 radical (unpaired) electrons. The number of carboxylic acid groups (broad SMARTS) is 1. The zero-order valence-corrected chi connectivity index (χ0v) is 11.0. The Bertz CT molecular complexity index is 787. The molecule has 0 spiro atoms. The number of benzene rings is 1. The van der Waals surface area contributed by atoms with Crippen LogP contribution >= 0.6 is 0 Å². The van der Waals surface area contributed by atoms with Gasteiger partial charge >= 0.3 is 5.97 Å². The van der Waals surface area contributed by atoms with Gasteiger partial charge in [-0.3, -0.25) is 4.98 Å². The predicted octanol–water partition coefficient (Wildman–Crippen LogP) is 2.34. The summed E-state index contributed by atoms with van der Waals surface area (Å²) in [5, 5.41) is 12.0. The molecular weight excluding hydrogens is 268 g/mol. The molecular formula is C15H12N4O2. The maximum atomic E-state index is 10.8. The van der Waals surface area contributed by atoms with Crippen molar-refractivity contribution in [2.24, 2.45) is 0 Å². The topological polar surface area (TPSA) is 88.0 Å². The number of pyridine rings is 1. The molecule has 0 saturated carbocycles. The van der Waals surface area contributed by atoms with E-state index in [2.05, 4.69) is 20.3 Å². The number of hydrogen-bond acceptors (Lipinski definition) is 5. The lowest BCUT2D eigenvalue weighted by Crippen LogP contribution is -2.03. The molecule has 2 heterocycles. The molecule has 0 amide bonds. The second-order valence-corrected chi connectivity index (χ2v) is 4.45. The Balaban J connectivity index is 1.72. The van der Waals surface area contributed by atoms with Crippen molar-refractivity contribution in [2.45, 2.75) is 6.54 Å². The maximum absolute atomic E-state index is 10.8. The molecule has 21 heavy (non-hydrogen) atoms. The van der Waals surface area contributed by atoms with Gasteiger partial charge in [-0.05, 0) is 29.8 Å². The van der Waals surface area contributed by atoms with E-state index in [1.54, 1.807) is 36.7 Å². The number of fused-ring (bicyclic) bond motifs is 1. The molecule has 3 rings (SSSR count). The van der Waals surface area contributed by atoms with Gasteiger partial charge in [0.15, 0.2) is 5.65 Å². The first kappa shape index (κ1) is 13.0. The van der Waals surface area contributed by atoms with Crippen LogP contribution in [0.5, 0.6) is 0 Å². The molecule has 0 fully saturated rings. The van der Waals surface area contributed by atoms with Crippen LogP contribution in [0.3, 0.4) is 0 Å². The fourth-order valence-electron chi connectivity index (χ4n) is 1.91. The quantitative estimate of drug-likeness (QED) is 0.762. The van der Waals surface area contributed by atoms with E-state index in [1.807, 2.05) is 12.1 Å². The second kappa shape index (κ2) is 5.54. The molecule has 0 atom stereocenters. The van der Waals surface area contributed by atoms with Gasteiger partial charge < -0.3 is 10.4 Å². The van der Waals surface area contributed by atoms with Gasteiger partial charge in [0.2, 0.25) is 0 Å². The number of nitrogens with zero attached hydrogens (tertiary/aromatic N) is 3. The molecule has 0 aliphatic rings. The number of anilines is 1. The fraction of sp³-hybridized carbons (Fsp3) is 0.0667. The minimum absolute atomic E-state index is 0.276. The van der Waals surface area contributed by atoms with E-state index in [-0.39, 0.29) is 5.56 Å². The summed E-state index contributed by atoms with van der Waals surface area (Å²) in [4.78, 5) is 23.4. The van der Waals surface area contributed by atoms with E-state index >= 15 is 0 Å². The standard InChI is InChI=1S/C15H12N4O2/c20-15(21)11-3-1-10(2-4-11)9-18-13-6-5-12-14(19-13)17-8-7-16-12/h1-8H,9H2,(H,20,21)(H,17,18,19). The average molecular weight is 280 g/mol. The van der Waals surface area contributed by atoms with E-state index in [1.165, 1.54) is 0 Å². The summed E-state index contributed by atoms with van der Waals surface area (Å²) in [5.74, 6) is -0.227. The molecule has 0 saturated heterocycles. The van der Waals surface area contributed by atoms with Crippen LogP contribution in [-0.2, 0) is 6.54 Å². The van der Waals surface area contributed by atoms with Gasteiger partial charge in [0, 0.05) is 18.9 Å². The summed E-state index contributed by atoms with van der Waals surface area (Å²) in [7, 11) is 0. The number of hydrogen-bond donors (Lipinski definition) is 2. The lowest BCUT2D eigenvalue weighted by molar-refractivity contribution is 0.0697. The molecule has 104 valence electrons. The third-order valence-corrected chi connectivity index (χ3v) is 3.01. The summed E-state index contributed by atoms with van der Waals surface area (Å²) < 4.78 is 0. The fourth-order valence-corrected chi connectivity index (χ4v) is 1.91. The minimum atomic E-state index is -0.927. The Hall–Kier alpha value is -3.02. The molecule has 0 aliphatic heterocycles. The molecule has 3 aromatic rings. The summed E-state index contributed by atoms with van der Waals surface area (Å²) in [6.45, 7) is 0.554. The van der Waals surface area contributed by atoms with Crippen LogP contribution < -0.4 is 5.32 Å². The smallest absolute Gasteiger partial charge is 0.335 e. The summed E-state index contributed by atoms with van der Waals surface area (Å²) in [5.41, 5.74) is 2.58. The SMILES string of the molecule is O=C(O)c1ccc(CNc2ccc3nccnc3n2)cc1. The van der Waals surface area contributed by atoms with Crippen LogP contribution in [0.1, 0.15) is 15.9 Å². The van der Waals surface area contributed by atoms with Gasteiger partial charge in [-0.1, -0.05) is 12.1 Å². The highest BCUT2D eigenvalue weighted by Gasteiger charge is 2.03. The number of aromatic nitrogens is 3. The van der Waals surface area contributed by atoms with E-state index < -0.39 is 5.97 Å². The molecule has 2 aromatic heterocycles. The van der Waals surface area contributed by atoms with Crippen LogP contribution in [0.2, 0.25) is 0 Å². The van der Waals surface area contributed by atoms with Crippen molar-refractivity contribution in [3.8, 4) is 0 Å². The maximum Gasteiger partial charge on any atom is 0.335 e. The summed E-state index contributed by atoms with van der Waals surface area (Å²) in [6, 6.07) is 10.4. The van der Waals surface area contributed by atoms with Gasteiger partial charge in [-0.2, -0.15) is 0 Å². The molecule has 1 aromatic carbocycles. The highest BCUT2D eigenvalue weighted by atomic mass is 16.4. The van der Waals surface area contributed by atoms with Crippen molar-refractivity contribution in [3.05, 3.63) is 59.9 Å². The highest BCUT2D eigenvalue weighted by molar-refractivity contribution is 5.87. The Morgan fingerprint density at radius 1 is 1.05 bits per heavy atom. The van der Waals surface area contributed by atoms with Gasteiger partial charge in [0.25, 0.3) is 0 Å². The van der Waals surface area contributed by atoms with Crippen molar-refractivity contribution in [1.82, 2.24) is 15.0 Å². The lowest BCUT2D eigenvalue weighted by atomic mass is 10.1. The second-order valence-electron chi connectivity index (χ2n) is 4.45. The average Bonchev–Trinajstić information content (AvgIpc) is 2.53. The Morgan fingerprint density at radius 3 is 2.57 bits per heavy atom. The van der Waals surface area contributed by atoms with Crippen LogP contribution in [0.15, 0.2) is 48.8 Å². The largest absolute Gasteiger partial charge is 0.478 e. The Kier molecular flexibility index (Phi) is 3.42. The van der Waals surface area contributed by atoms with Crippen LogP contribution in [0.4, 0.5) is 5.82 Å². The zero-order valence-electron chi connectivity index (χ0n) is 11.0. The van der Waals surface area contributed by atoms with Crippen LogP contribution in [-0.4, -0.2) is 26.0 Å². The lowest BCUT2D eigenvalue weighted by Gasteiger charge is -2.06. The number of aromatic carboxylic acids is 1. The monoisotopic (exact) mass is 280 g/mol. The molecule has 0 unspecified atom stereocenters. The summed E-state index contributed by atoms with van der Waals surface area (Å²) >= 11 is 0. The van der Waals surface area contributed by atoms with Crippen molar-refractivity contribution in [1.29, 1.82) is 0 Å². The Morgan fingerprint density at radius 2 is 1.81 bits per heavy atom. The predicted molar refractivity (Wildman–Crippen MR) is 78.1 cm³/mol. The van der Waals surface area contributed by atoms with Crippen molar-refractivity contribution in [3.63, 3.8) is 0 Å². The van der Waals surface area contributed by atoms with Crippen molar-refractivity contribution >= 4 is 23.0 Å². The third kappa shape index (κ3) is 2.94. The summed E-state index contributed by atoms with van der Waals surface area (Å²) in [6.07, 6.45) is 3.23. The van der Waals surface area contributed by atoms with E-state index in [9.17, 15) is 4.79 Å².